The first-order valence-electron chi connectivity index (χ1n) is 8.30. The maximum absolute atomic E-state index is 12.2. The van der Waals surface area contributed by atoms with Gasteiger partial charge < -0.3 is 10.6 Å². The first-order chi connectivity index (χ1) is 12.5. The van der Waals surface area contributed by atoms with E-state index >= 15 is 0 Å². The summed E-state index contributed by atoms with van der Waals surface area (Å²) in [4.78, 5) is 48.4. The van der Waals surface area contributed by atoms with E-state index in [4.69, 9.17) is 0 Å². The normalized spacial score (nSPS) is 16.8. The van der Waals surface area contributed by atoms with Crippen LogP contribution in [0.25, 0.3) is 10.8 Å². The Kier molecular flexibility index (Phi) is 4.97. The molecule has 0 spiro atoms. The summed E-state index contributed by atoms with van der Waals surface area (Å²) >= 11 is 0. The molecule has 0 saturated carbocycles. The highest BCUT2D eigenvalue weighted by molar-refractivity contribution is 6.03. The van der Waals surface area contributed by atoms with Crippen molar-refractivity contribution >= 4 is 34.4 Å². The van der Waals surface area contributed by atoms with Crippen LogP contribution in [0.4, 0.5) is 0 Å². The van der Waals surface area contributed by atoms with E-state index in [0.717, 1.165) is 15.7 Å². The second-order valence-electron chi connectivity index (χ2n) is 6.24. The number of amides is 4. The molecule has 1 unspecified atom stereocenters. The molecule has 0 aliphatic carbocycles. The predicted molar refractivity (Wildman–Crippen MR) is 95.2 cm³/mol. The van der Waals surface area contributed by atoms with Crippen LogP contribution in [0.1, 0.15) is 16.8 Å². The Morgan fingerprint density at radius 2 is 1.81 bits per heavy atom. The van der Waals surface area contributed by atoms with E-state index in [0.29, 0.717) is 5.56 Å². The monoisotopic (exact) mass is 353 g/mol. The molecular formula is C19H19N3O4. The molecule has 1 saturated heterocycles. The van der Waals surface area contributed by atoms with Gasteiger partial charge in [0.05, 0.1) is 12.5 Å². The third-order valence-electron chi connectivity index (χ3n) is 4.44. The number of hydrogen-bond acceptors (Lipinski definition) is 4. The minimum Gasteiger partial charge on any atom is -0.354 e. The van der Waals surface area contributed by atoms with Gasteiger partial charge >= 0.3 is 0 Å². The van der Waals surface area contributed by atoms with E-state index in [1.54, 1.807) is 12.1 Å². The number of nitrogens with one attached hydrogen (secondary N) is 2. The first kappa shape index (κ1) is 17.6. The SMILES string of the molecule is CN1C(=O)CC(CNC(=O)CNC(=O)c2ccc3ccccc3c2)C1=O. The molecule has 2 N–H and O–H groups in total. The van der Waals surface area contributed by atoms with Crippen molar-refractivity contribution in [3.8, 4) is 0 Å². The van der Waals surface area contributed by atoms with Crippen LogP contribution in [0.2, 0.25) is 0 Å². The fourth-order valence-corrected chi connectivity index (χ4v) is 2.88. The van der Waals surface area contributed by atoms with Crippen molar-refractivity contribution in [3.63, 3.8) is 0 Å². The highest BCUT2D eigenvalue weighted by atomic mass is 16.2. The van der Waals surface area contributed by atoms with Crippen molar-refractivity contribution in [1.82, 2.24) is 15.5 Å². The third-order valence-corrected chi connectivity index (χ3v) is 4.44. The Balaban J connectivity index is 1.50. The van der Waals surface area contributed by atoms with Crippen LogP contribution in [0.15, 0.2) is 42.5 Å². The molecule has 134 valence electrons. The molecule has 4 amide bonds. The molecular weight excluding hydrogens is 334 g/mol. The minimum absolute atomic E-state index is 0.0829. The summed E-state index contributed by atoms with van der Waals surface area (Å²) in [7, 11) is 1.43. The highest BCUT2D eigenvalue weighted by Crippen LogP contribution is 2.17. The average molecular weight is 353 g/mol. The van der Waals surface area contributed by atoms with E-state index < -0.39 is 11.8 Å². The number of hydrogen-bond donors (Lipinski definition) is 2. The molecule has 1 fully saturated rings. The van der Waals surface area contributed by atoms with Crippen molar-refractivity contribution in [3.05, 3.63) is 48.0 Å². The number of nitrogens with zero attached hydrogens (tertiary/aromatic N) is 1. The maximum Gasteiger partial charge on any atom is 0.251 e. The van der Waals surface area contributed by atoms with Gasteiger partial charge in [-0.25, -0.2) is 0 Å². The van der Waals surface area contributed by atoms with E-state index in [1.165, 1.54) is 7.05 Å². The zero-order valence-electron chi connectivity index (χ0n) is 14.3. The number of rotatable bonds is 5. The molecule has 7 heteroatoms. The van der Waals surface area contributed by atoms with E-state index in [-0.39, 0.29) is 37.2 Å². The largest absolute Gasteiger partial charge is 0.354 e. The van der Waals surface area contributed by atoms with Crippen LogP contribution < -0.4 is 10.6 Å². The zero-order chi connectivity index (χ0) is 18.7. The van der Waals surface area contributed by atoms with Gasteiger partial charge in [0.1, 0.15) is 0 Å². The molecule has 0 bridgehead atoms. The molecule has 2 aromatic carbocycles. The highest BCUT2D eigenvalue weighted by Gasteiger charge is 2.35. The van der Waals surface area contributed by atoms with Gasteiger partial charge in [0.2, 0.25) is 17.7 Å². The number of fused-ring (bicyclic) bond motifs is 1. The quantitative estimate of drug-likeness (QED) is 0.773. The molecule has 1 atom stereocenters. The Bertz CT molecular complexity index is 893. The first-order valence-corrected chi connectivity index (χ1v) is 8.30. The van der Waals surface area contributed by atoms with Crippen molar-refractivity contribution < 1.29 is 19.2 Å². The van der Waals surface area contributed by atoms with Gasteiger partial charge in [0.15, 0.2) is 0 Å². The number of carbonyl (C=O) groups is 4. The smallest absolute Gasteiger partial charge is 0.251 e. The Hall–Kier alpha value is -3.22. The molecule has 1 aliphatic heterocycles. The maximum atomic E-state index is 12.2. The van der Waals surface area contributed by atoms with Gasteiger partial charge in [-0.3, -0.25) is 24.1 Å². The summed E-state index contributed by atoms with van der Waals surface area (Å²) in [5.74, 6) is -1.84. The molecule has 0 radical (unpaired) electrons. The van der Waals surface area contributed by atoms with E-state index in [2.05, 4.69) is 10.6 Å². The van der Waals surface area contributed by atoms with Gasteiger partial charge in [0.25, 0.3) is 5.91 Å². The molecule has 0 aromatic heterocycles. The lowest BCUT2D eigenvalue weighted by atomic mass is 10.1. The minimum atomic E-state index is -0.535. The lowest BCUT2D eigenvalue weighted by Crippen LogP contribution is -2.40. The molecule has 26 heavy (non-hydrogen) atoms. The number of imide groups is 1. The van der Waals surface area contributed by atoms with Crippen molar-refractivity contribution in [2.75, 3.05) is 20.1 Å². The summed E-state index contributed by atoms with van der Waals surface area (Å²) in [5.41, 5.74) is 0.467. The molecule has 2 aromatic rings. The van der Waals surface area contributed by atoms with Crippen LogP contribution in [0, 0.1) is 5.92 Å². The van der Waals surface area contributed by atoms with E-state index in [1.807, 2.05) is 30.3 Å². The number of likely N-dealkylation sites (tertiary alicyclic amines) is 1. The summed E-state index contributed by atoms with van der Waals surface area (Å²) in [6.07, 6.45) is 0.0963. The van der Waals surface area contributed by atoms with Gasteiger partial charge in [-0.05, 0) is 22.9 Å². The third kappa shape index (κ3) is 3.72. The second kappa shape index (κ2) is 7.35. The van der Waals surface area contributed by atoms with Gasteiger partial charge in [-0.2, -0.15) is 0 Å². The van der Waals surface area contributed by atoms with Crippen molar-refractivity contribution in [1.29, 1.82) is 0 Å². The lowest BCUT2D eigenvalue weighted by Gasteiger charge is -2.11. The topological polar surface area (TPSA) is 95.6 Å². The summed E-state index contributed by atoms with van der Waals surface area (Å²) in [5, 5.41) is 7.11. The molecule has 1 heterocycles. The molecule has 3 rings (SSSR count). The molecule has 7 nitrogen and oxygen atoms in total. The van der Waals surface area contributed by atoms with Gasteiger partial charge in [-0.1, -0.05) is 30.3 Å². The Morgan fingerprint density at radius 3 is 2.50 bits per heavy atom. The predicted octanol–water partition coefficient (Wildman–Crippen LogP) is 0.691. The van der Waals surface area contributed by atoms with Crippen LogP contribution in [0.3, 0.4) is 0 Å². The van der Waals surface area contributed by atoms with E-state index in [9.17, 15) is 19.2 Å². The van der Waals surface area contributed by atoms with Gasteiger partial charge in [0, 0.05) is 25.6 Å². The summed E-state index contributed by atoms with van der Waals surface area (Å²) < 4.78 is 0. The van der Waals surface area contributed by atoms with Crippen LogP contribution >= 0.6 is 0 Å². The van der Waals surface area contributed by atoms with Crippen molar-refractivity contribution in [2.45, 2.75) is 6.42 Å². The summed E-state index contributed by atoms with van der Waals surface area (Å²) in [6, 6.07) is 13.0. The molecule has 1 aliphatic rings. The number of benzene rings is 2. The summed E-state index contributed by atoms with van der Waals surface area (Å²) in [6.45, 7) is -0.115. The number of carbonyl (C=O) groups excluding carboxylic acids is 4. The lowest BCUT2D eigenvalue weighted by molar-refractivity contribution is -0.137. The standard InChI is InChI=1S/C19H19N3O4/c1-22-17(24)9-15(19(22)26)10-20-16(23)11-21-18(25)14-7-6-12-4-2-3-5-13(12)8-14/h2-8,15H,9-11H2,1H3,(H,20,23)(H,21,25). The second-order valence-corrected chi connectivity index (χ2v) is 6.24. The van der Waals surface area contributed by atoms with Crippen molar-refractivity contribution in [2.24, 2.45) is 5.92 Å². The fourth-order valence-electron chi connectivity index (χ4n) is 2.88. The zero-order valence-corrected chi connectivity index (χ0v) is 14.3. The van der Waals surface area contributed by atoms with Crippen LogP contribution in [-0.2, 0) is 14.4 Å². The Labute approximate surface area is 150 Å². The fraction of sp³-hybridized carbons (Fsp3) is 0.263. The van der Waals surface area contributed by atoms with Crippen LogP contribution in [0.5, 0.6) is 0 Å². The average Bonchev–Trinajstić information content (AvgIpc) is 2.90. The van der Waals surface area contributed by atoms with Crippen LogP contribution in [-0.4, -0.2) is 48.7 Å². The van der Waals surface area contributed by atoms with Gasteiger partial charge in [-0.15, -0.1) is 0 Å². The Morgan fingerprint density at radius 1 is 1.08 bits per heavy atom.